The average molecular weight is 1000 g/mol. The quantitative estimate of drug-likeness (QED) is 0.0376. The van der Waals surface area contributed by atoms with Gasteiger partial charge in [0, 0.05) is 111 Å². The number of ether oxygens (including phenoxy) is 2. The number of para-hydroxylation sites is 2. The summed E-state index contributed by atoms with van der Waals surface area (Å²) in [6.45, 7) is 6.98. The van der Waals surface area contributed by atoms with Crippen LogP contribution in [0.2, 0.25) is 0 Å². The molecular formula is C56H67N14O4+. The Balaban J connectivity index is 0.967. The van der Waals surface area contributed by atoms with Crippen molar-refractivity contribution in [3.05, 3.63) is 122 Å². The van der Waals surface area contributed by atoms with Crippen molar-refractivity contribution in [2.24, 2.45) is 14.1 Å². The second-order valence-electron chi connectivity index (χ2n) is 19.3. The Kier molecular flexibility index (Phi) is 15.8. The first-order chi connectivity index (χ1) is 35.5. The van der Waals surface area contributed by atoms with Crippen LogP contribution >= 0.6 is 0 Å². The first-order valence-corrected chi connectivity index (χ1v) is 24.4. The predicted molar refractivity (Wildman–Crippen MR) is 299 cm³/mol. The third-order valence-corrected chi connectivity index (χ3v) is 13.2. The number of aromatic nitrogens is 6. The van der Waals surface area contributed by atoms with Crippen molar-refractivity contribution in [2.75, 3.05) is 120 Å². The summed E-state index contributed by atoms with van der Waals surface area (Å²) in [4.78, 5) is 52.0. The molecule has 384 valence electrons. The lowest BCUT2D eigenvalue weighted by atomic mass is 10.1. The largest absolute Gasteiger partial charge is 0.494 e. The molecule has 0 aliphatic rings. The fourth-order valence-corrected chi connectivity index (χ4v) is 8.90. The zero-order chi connectivity index (χ0) is 52.7. The fourth-order valence-electron chi connectivity index (χ4n) is 8.90. The molecule has 0 saturated heterocycles. The highest BCUT2D eigenvalue weighted by atomic mass is 16.5. The highest BCUT2D eigenvalue weighted by molar-refractivity contribution is 6.02. The molecule has 0 aliphatic heterocycles. The summed E-state index contributed by atoms with van der Waals surface area (Å²) in [6, 6.07) is 27.7. The number of quaternary nitrogens is 1. The van der Waals surface area contributed by atoms with E-state index in [4.69, 9.17) is 19.4 Å². The van der Waals surface area contributed by atoms with Crippen LogP contribution in [0.25, 0.3) is 44.3 Å². The fraction of sp³-hybridized carbons (Fsp3) is 0.286. The predicted octanol–water partition coefficient (Wildman–Crippen LogP) is 8.75. The first-order valence-electron chi connectivity index (χ1n) is 24.4. The Labute approximate surface area is 432 Å². The number of anilines is 8. The third-order valence-electron chi connectivity index (χ3n) is 13.2. The van der Waals surface area contributed by atoms with Crippen molar-refractivity contribution in [3.8, 4) is 34.0 Å². The number of rotatable bonds is 22. The van der Waals surface area contributed by atoms with Crippen LogP contribution in [0.1, 0.15) is 6.42 Å². The number of nitrogens with zero attached hydrogens (tertiary/aromatic N) is 10. The van der Waals surface area contributed by atoms with E-state index in [0.29, 0.717) is 76.8 Å². The minimum absolute atomic E-state index is 0.133. The van der Waals surface area contributed by atoms with E-state index in [1.165, 1.54) is 6.08 Å². The zero-order valence-corrected chi connectivity index (χ0v) is 44.0. The van der Waals surface area contributed by atoms with E-state index in [2.05, 4.69) is 112 Å². The Morgan fingerprint density at radius 3 is 1.62 bits per heavy atom. The normalized spacial score (nSPS) is 11.4. The topological polar surface area (TPSA) is 172 Å². The zero-order valence-electron chi connectivity index (χ0n) is 44.0. The van der Waals surface area contributed by atoms with E-state index in [-0.39, 0.29) is 18.2 Å². The van der Waals surface area contributed by atoms with E-state index in [1.807, 2.05) is 103 Å². The maximum Gasteiger partial charge on any atom is 0.247 e. The molecule has 8 aromatic rings. The molecule has 8 rings (SSSR count). The summed E-state index contributed by atoms with van der Waals surface area (Å²) in [5.41, 5.74) is 9.58. The minimum Gasteiger partial charge on any atom is -0.494 e. The molecule has 0 bridgehead atoms. The number of methoxy groups -OCH3 is 2. The average Bonchev–Trinajstić information content (AvgIpc) is 3.92. The van der Waals surface area contributed by atoms with Crippen LogP contribution in [0.5, 0.6) is 11.5 Å². The van der Waals surface area contributed by atoms with Gasteiger partial charge in [-0.15, -0.1) is 0 Å². The molecule has 2 amide bonds. The third kappa shape index (κ3) is 11.9. The van der Waals surface area contributed by atoms with Gasteiger partial charge in [-0.3, -0.25) is 9.59 Å². The molecule has 4 N–H and O–H groups in total. The second kappa shape index (κ2) is 22.5. The molecule has 0 aliphatic carbocycles. The highest BCUT2D eigenvalue weighted by Crippen LogP contribution is 2.40. The van der Waals surface area contributed by atoms with E-state index in [1.54, 1.807) is 26.6 Å². The molecule has 4 aromatic carbocycles. The number of hydrogen-bond donors (Lipinski definition) is 4. The van der Waals surface area contributed by atoms with Crippen molar-refractivity contribution in [1.82, 2.24) is 34.0 Å². The monoisotopic (exact) mass is 1000 g/mol. The van der Waals surface area contributed by atoms with Crippen molar-refractivity contribution < 1.29 is 23.5 Å². The molecule has 0 atom stereocenters. The number of carbonyl (C=O) groups excluding carboxylic acids is 2. The van der Waals surface area contributed by atoms with E-state index in [0.717, 1.165) is 62.2 Å². The summed E-state index contributed by atoms with van der Waals surface area (Å²) >= 11 is 0. The van der Waals surface area contributed by atoms with Crippen molar-refractivity contribution in [1.29, 1.82) is 0 Å². The second-order valence-corrected chi connectivity index (χ2v) is 19.3. The van der Waals surface area contributed by atoms with Gasteiger partial charge in [0.25, 0.3) is 0 Å². The number of nitrogens with one attached hydrogen (secondary N) is 4. The van der Waals surface area contributed by atoms with Crippen LogP contribution in [0.3, 0.4) is 0 Å². The van der Waals surface area contributed by atoms with Gasteiger partial charge in [-0.25, -0.2) is 19.9 Å². The summed E-state index contributed by atoms with van der Waals surface area (Å²) in [6.07, 6.45) is 9.07. The lowest BCUT2D eigenvalue weighted by Crippen LogP contribution is -2.46. The van der Waals surface area contributed by atoms with E-state index in [9.17, 15) is 9.59 Å². The van der Waals surface area contributed by atoms with Gasteiger partial charge in [0.05, 0.1) is 99.9 Å². The highest BCUT2D eigenvalue weighted by Gasteiger charge is 2.24. The number of aryl methyl sites for hydroxylation is 2. The maximum absolute atomic E-state index is 14.0. The van der Waals surface area contributed by atoms with Gasteiger partial charge >= 0.3 is 0 Å². The van der Waals surface area contributed by atoms with Crippen LogP contribution < -0.4 is 40.5 Å². The Morgan fingerprint density at radius 1 is 0.649 bits per heavy atom. The van der Waals surface area contributed by atoms with E-state index >= 15 is 0 Å². The molecule has 18 heteroatoms. The SMILES string of the molecule is C=CC(=O)Nc1cc(Nc2nccc(-c3cn(C)c4ccccc34)n2)c(OC)cc1N(C)CC[N+](C)(C)CCC(=O)Nc1cc(Nc2nccc(-c3cn(C)c4ccccc34)n2)c(OC)cc1N(C)CCN(C)C. The molecule has 74 heavy (non-hydrogen) atoms. The molecule has 0 fully saturated rings. The van der Waals surface area contributed by atoms with Crippen molar-refractivity contribution in [3.63, 3.8) is 0 Å². The lowest BCUT2D eigenvalue weighted by molar-refractivity contribution is -0.888. The number of likely N-dealkylation sites (N-methyl/N-ethyl adjacent to an activating group) is 4. The van der Waals surface area contributed by atoms with Gasteiger partial charge in [-0.1, -0.05) is 43.0 Å². The van der Waals surface area contributed by atoms with Crippen LogP contribution in [-0.2, 0) is 23.7 Å². The van der Waals surface area contributed by atoms with Gasteiger partial charge in [-0.05, 0) is 56.6 Å². The van der Waals surface area contributed by atoms with Crippen LogP contribution in [0, 0.1) is 0 Å². The van der Waals surface area contributed by atoms with Crippen LogP contribution in [0.15, 0.2) is 122 Å². The number of hydrogen-bond acceptors (Lipinski definition) is 13. The number of amides is 2. The molecular weight excluding hydrogens is 933 g/mol. The molecule has 0 unspecified atom stereocenters. The molecule has 0 radical (unpaired) electrons. The number of benzene rings is 4. The standard InChI is InChI=1S/C56H66N14O4/c1-12-53(71)59-43-31-45(63-55-57-24-21-41(61-55)39-35-68(6)47-19-15-13-17-37(39)47)52(74-11)34-50(43)67(5)28-30-70(8,9)29-23-54(72)60-44-32-46(51(73-10)33-49(44)66(4)27-26-65(2)3)64-56-58-25-22-42(62-56)40-36-69(7)48-20-16-14-18-38(40)48/h12-22,24-25,31-36H,1,23,26-30H2,2-11H3,(H3-,57,58,59,60,61,62,63,64,71,72)/p+1. The smallest absolute Gasteiger partial charge is 0.247 e. The van der Waals surface area contributed by atoms with Gasteiger partial charge in [0.15, 0.2) is 0 Å². The van der Waals surface area contributed by atoms with Crippen molar-refractivity contribution in [2.45, 2.75) is 6.42 Å². The maximum atomic E-state index is 14.0. The summed E-state index contributed by atoms with van der Waals surface area (Å²) in [5, 5.41) is 15.1. The number of fused-ring (bicyclic) bond motifs is 2. The van der Waals surface area contributed by atoms with Gasteiger partial charge in [-0.2, -0.15) is 0 Å². The Morgan fingerprint density at radius 2 is 1.14 bits per heavy atom. The first kappa shape index (κ1) is 51.9. The summed E-state index contributed by atoms with van der Waals surface area (Å²) in [5.74, 6) is 1.36. The molecule has 0 spiro atoms. The van der Waals surface area contributed by atoms with Gasteiger partial charge in [0.2, 0.25) is 23.7 Å². The van der Waals surface area contributed by atoms with Gasteiger partial charge < -0.3 is 59.1 Å². The summed E-state index contributed by atoms with van der Waals surface area (Å²) < 4.78 is 16.5. The molecule has 0 saturated carbocycles. The van der Waals surface area contributed by atoms with Crippen LogP contribution in [0.4, 0.5) is 46.0 Å². The summed E-state index contributed by atoms with van der Waals surface area (Å²) in [7, 11) is 19.5. The Bertz CT molecular complexity index is 3330. The minimum atomic E-state index is -0.363. The van der Waals surface area contributed by atoms with Crippen molar-refractivity contribution >= 4 is 79.6 Å². The molecule has 4 heterocycles. The molecule has 18 nitrogen and oxygen atoms in total. The van der Waals surface area contributed by atoms with Gasteiger partial charge in [0.1, 0.15) is 11.5 Å². The molecule has 4 aromatic heterocycles. The lowest BCUT2D eigenvalue weighted by Gasteiger charge is -2.33. The number of carbonyl (C=O) groups is 2. The van der Waals surface area contributed by atoms with Crippen LogP contribution in [-0.4, -0.2) is 139 Å². The Hall–Kier alpha value is -8.48. The van der Waals surface area contributed by atoms with E-state index < -0.39 is 0 Å².